The van der Waals surface area contributed by atoms with Crippen LogP contribution in [0, 0.1) is 0 Å². The summed E-state index contributed by atoms with van der Waals surface area (Å²) in [6.07, 6.45) is 0. The largest absolute Gasteiger partial charge is 0.389 e. The van der Waals surface area contributed by atoms with E-state index in [2.05, 4.69) is 5.32 Å². The highest BCUT2D eigenvalue weighted by Gasteiger charge is 2.24. The van der Waals surface area contributed by atoms with Crippen molar-refractivity contribution >= 4 is 5.91 Å². The highest BCUT2D eigenvalue weighted by molar-refractivity contribution is 5.81. The van der Waals surface area contributed by atoms with E-state index < -0.39 is 5.60 Å². The fourth-order valence-corrected chi connectivity index (χ4v) is 2.11. The van der Waals surface area contributed by atoms with Crippen molar-refractivity contribution in [3.05, 3.63) is 35.9 Å². The Hall–Kier alpha value is -1.39. The van der Waals surface area contributed by atoms with Gasteiger partial charge in [0, 0.05) is 6.54 Å². The maximum absolute atomic E-state index is 12.2. The molecule has 4 nitrogen and oxygen atoms in total. The summed E-state index contributed by atoms with van der Waals surface area (Å²) < 4.78 is 0. The first-order chi connectivity index (χ1) is 9.20. The number of nitrogens with zero attached hydrogens (tertiary/aromatic N) is 1. The molecule has 0 spiro atoms. The van der Waals surface area contributed by atoms with Crippen molar-refractivity contribution in [3.63, 3.8) is 0 Å². The third-order valence-electron chi connectivity index (χ3n) is 3.34. The van der Waals surface area contributed by atoms with Crippen LogP contribution in [0.3, 0.4) is 0 Å². The molecule has 0 saturated carbocycles. The smallest absolute Gasteiger partial charge is 0.237 e. The topological polar surface area (TPSA) is 52.6 Å². The van der Waals surface area contributed by atoms with Crippen molar-refractivity contribution in [3.8, 4) is 0 Å². The Bertz CT molecular complexity index is 426. The number of hydrogen-bond acceptors (Lipinski definition) is 3. The predicted octanol–water partition coefficient (Wildman–Crippen LogP) is 1.95. The SMILES string of the molecule is CC(NC(=O)C(C)N(C)CC(C)(C)O)c1ccccc1. The number of carbonyl (C=O) groups is 1. The van der Waals surface area contributed by atoms with Crippen LogP contribution in [-0.4, -0.2) is 41.1 Å². The summed E-state index contributed by atoms with van der Waals surface area (Å²) in [5.74, 6) is -0.0342. The molecule has 1 aromatic carbocycles. The van der Waals surface area contributed by atoms with E-state index in [0.717, 1.165) is 5.56 Å². The number of carbonyl (C=O) groups excluding carboxylic acids is 1. The molecular formula is C16H26N2O2. The minimum absolute atomic E-state index is 0.0262. The maximum atomic E-state index is 12.2. The molecule has 2 unspecified atom stereocenters. The molecule has 1 rings (SSSR count). The Balaban J connectivity index is 2.58. The van der Waals surface area contributed by atoms with Gasteiger partial charge in [0.2, 0.25) is 5.91 Å². The van der Waals surface area contributed by atoms with Gasteiger partial charge in [0.15, 0.2) is 0 Å². The number of aliphatic hydroxyl groups is 1. The molecule has 0 fully saturated rings. The number of benzene rings is 1. The molecule has 0 aliphatic carbocycles. The average molecular weight is 278 g/mol. The van der Waals surface area contributed by atoms with Crippen molar-refractivity contribution in [2.24, 2.45) is 0 Å². The minimum Gasteiger partial charge on any atom is -0.389 e. The molecule has 2 atom stereocenters. The van der Waals surface area contributed by atoms with Gasteiger partial charge in [0.25, 0.3) is 0 Å². The van der Waals surface area contributed by atoms with Crippen LogP contribution >= 0.6 is 0 Å². The molecule has 0 aromatic heterocycles. The van der Waals surface area contributed by atoms with Crippen LogP contribution in [-0.2, 0) is 4.79 Å². The highest BCUT2D eigenvalue weighted by atomic mass is 16.3. The fraction of sp³-hybridized carbons (Fsp3) is 0.562. The summed E-state index contributed by atoms with van der Waals surface area (Å²) in [6.45, 7) is 7.73. The molecular weight excluding hydrogens is 252 g/mol. The summed E-state index contributed by atoms with van der Waals surface area (Å²) in [5.41, 5.74) is 0.270. The second kappa shape index (κ2) is 6.86. The second-order valence-corrected chi connectivity index (χ2v) is 6.04. The molecule has 0 radical (unpaired) electrons. The summed E-state index contributed by atoms with van der Waals surface area (Å²) in [5, 5.41) is 12.8. The summed E-state index contributed by atoms with van der Waals surface area (Å²) in [7, 11) is 1.84. The minimum atomic E-state index is -0.811. The van der Waals surface area contributed by atoms with Gasteiger partial charge in [0.1, 0.15) is 0 Å². The molecule has 1 aromatic rings. The van der Waals surface area contributed by atoms with Crippen molar-refractivity contribution in [1.29, 1.82) is 0 Å². The van der Waals surface area contributed by atoms with Crippen LogP contribution in [0.1, 0.15) is 39.3 Å². The van der Waals surface area contributed by atoms with Crippen LogP contribution in [0.2, 0.25) is 0 Å². The summed E-state index contributed by atoms with van der Waals surface area (Å²) >= 11 is 0. The van der Waals surface area contributed by atoms with Crippen LogP contribution in [0.4, 0.5) is 0 Å². The normalized spacial score (nSPS) is 14.9. The summed E-state index contributed by atoms with van der Waals surface area (Å²) in [4.78, 5) is 14.1. The molecule has 20 heavy (non-hydrogen) atoms. The third kappa shape index (κ3) is 5.31. The second-order valence-electron chi connectivity index (χ2n) is 6.04. The van der Waals surface area contributed by atoms with Crippen molar-refractivity contribution in [2.45, 2.75) is 45.4 Å². The lowest BCUT2D eigenvalue weighted by atomic mass is 10.1. The van der Waals surface area contributed by atoms with Crippen molar-refractivity contribution < 1.29 is 9.90 Å². The summed E-state index contributed by atoms with van der Waals surface area (Å²) in [6, 6.07) is 9.56. The predicted molar refractivity (Wildman–Crippen MR) is 81.4 cm³/mol. The third-order valence-corrected chi connectivity index (χ3v) is 3.34. The van der Waals surface area contributed by atoms with Gasteiger partial charge in [-0.15, -0.1) is 0 Å². The number of rotatable bonds is 6. The Labute approximate surface area is 121 Å². The van der Waals surface area contributed by atoms with Crippen LogP contribution < -0.4 is 5.32 Å². The standard InChI is InChI=1S/C16H26N2O2/c1-12(14-9-7-6-8-10-14)17-15(19)13(2)18(5)11-16(3,4)20/h6-10,12-13,20H,11H2,1-5H3,(H,17,19). The van der Waals surface area contributed by atoms with E-state index in [0.29, 0.717) is 6.54 Å². The molecule has 0 saturated heterocycles. The van der Waals surface area contributed by atoms with Crippen LogP contribution in [0.25, 0.3) is 0 Å². The van der Waals surface area contributed by atoms with E-state index in [1.807, 2.05) is 56.1 Å². The first kappa shape index (κ1) is 16.7. The first-order valence-corrected chi connectivity index (χ1v) is 6.98. The van der Waals surface area contributed by atoms with Gasteiger partial charge in [-0.1, -0.05) is 30.3 Å². The zero-order valence-corrected chi connectivity index (χ0v) is 13.1. The molecule has 0 aliphatic heterocycles. The molecule has 4 heteroatoms. The Kier molecular flexibility index (Phi) is 5.72. The fourth-order valence-electron chi connectivity index (χ4n) is 2.11. The number of hydrogen-bond donors (Lipinski definition) is 2. The van der Waals surface area contributed by atoms with E-state index in [1.54, 1.807) is 13.8 Å². The molecule has 2 N–H and O–H groups in total. The number of likely N-dealkylation sites (N-methyl/N-ethyl adjacent to an activating group) is 1. The molecule has 1 amide bonds. The van der Waals surface area contributed by atoms with Gasteiger partial charge in [-0.25, -0.2) is 0 Å². The lowest BCUT2D eigenvalue weighted by Crippen LogP contribution is -2.48. The van der Waals surface area contributed by atoms with Crippen molar-refractivity contribution in [1.82, 2.24) is 10.2 Å². The van der Waals surface area contributed by atoms with E-state index in [1.165, 1.54) is 0 Å². The zero-order chi connectivity index (χ0) is 15.3. The van der Waals surface area contributed by atoms with Crippen LogP contribution in [0.5, 0.6) is 0 Å². The Morgan fingerprint density at radius 2 is 1.85 bits per heavy atom. The maximum Gasteiger partial charge on any atom is 0.237 e. The Morgan fingerprint density at radius 3 is 2.35 bits per heavy atom. The van der Waals surface area contributed by atoms with Gasteiger partial charge in [-0.2, -0.15) is 0 Å². The number of nitrogens with one attached hydrogen (secondary N) is 1. The first-order valence-electron chi connectivity index (χ1n) is 6.98. The Morgan fingerprint density at radius 1 is 1.30 bits per heavy atom. The monoisotopic (exact) mass is 278 g/mol. The molecule has 0 heterocycles. The van der Waals surface area contributed by atoms with Gasteiger partial charge in [0.05, 0.1) is 17.7 Å². The van der Waals surface area contributed by atoms with Gasteiger partial charge in [-0.3, -0.25) is 9.69 Å². The van der Waals surface area contributed by atoms with Gasteiger partial charge in [-0.05, 0) is 40.3 Å². The van der Waals surface area contributed by atoms with E-state index in [-0.39, 0.29) is 18.0 Å². The molecule has 0 aliphatic rings. The van der Waals surface area contributed by atoms with E-state index >= 15 is 0 Å². The van der Waals surface area contributed by atoms with E-state index in [4.69, 9.17) is 0 Å². The lowest BCUT2D eigenvalue weighted by molar-refractivity contribution is -0.126. The number of amides is 1. The zero-order valence-electron chi connectivity index (χ0n) is 13.1. The highest BCUT2D eigenvalue weighted by Crippen LogP contribution is 2.12. The molecule has 0 bridgehead atoms. The van der Waals surface area contributed by atoms with Crippen LogP contribution in [0.15, 0.2) is 30.3 Å². The van der Waals surface area contributed by atoms with E-state index in [9.17, 15) is 9.90 Å². The average Bonchev–Trinajstić information content (AvgIpc) is 2.36. The lowest BCUT2D eigenvalue weighted by Gasteiger charge is -2.30. The van der Waals surface area contributed by atoms with Gasteiger partial charge >= 0.3 is 0 Å². The van der Waals surface area contributed by atoms with Crippen molar-refractivity contribution in [2.75, 3.05) is 13.6 Å². The van der Waals surface area contributed by atoms with Gasteiger partial charge < -0.3 is 10.4 Å². The molecule has 112 valence electrons. The quantitative estimate of drug-likeness (QED) is 0.836.